The van der Waals surface area contributed by atoms with Crippen LogP contribution in [-0.2, 0) is 9.84 Å². The smallest absolute Gasteiger partial charge is 0.344 e. The molecule has 0 amide bonds. The Morgan fingerprint density at radius 3 is 2.93 bits per heavy atom. The van der Waals surface area contributed by atoms with E-state index in [0.29, 0.717) is 6.42 Å². The van der Waals surface area contributed by atoms with Crippen LogP contribution in [0.25, 0.3) is 0 Å². The molecule has 0 aliphatic heterocycles. The number of nitrogens with zero attached hydrogens (tertiary/aromatic N) is 2. The van der Waals surface area contributed by atoms with Gasteiger partial charge in [0.15, 0.2) is 0 Å². The van der Waals surface area contributed by atoms with Gasteiger partial charge in [0.25, 0.3) is 0 Å². The molecule has 0 saturated carbocycles. The number of carbonyl (C=O) groups is 1. The predicted molar refractivity (Wildman–Crippen MR) is 47.3 cm³/mol. The second kappa shape index (κ2) is 4.55. The Kier molecular flexibility index (Phi) is 3.39. The van der Waals surface area contributed by atoms with Crippen molar-refractivity contribution in [3.63, 3.8) is 0 Å². The molecule has 0 bridgehead atoms. The van der Waals surface area contributed by atoms with Crippen LogP contribution in [0.4, 0.5) is 0 Å². The lowest BCUT2D eigenvalue weighted by Gasteiger charge is -2.09. The standard InChI is InChI=1S/C9H11N2O3/c1-3-6(2)14-9(13)7-4-5-10-11-8(7)12/h4-6H,3H2,1-2H3. The molecule has 1 unspecified atom stereocenters. The Balaban J connectivity index is 2.75. The second-order valence-corrected chi connectivity index (χ2v) is 2.87. The maximum atomic E-state index is 11.3. The summed E-state index contributed by atoms with van der Waals surface area (Å²) in [5.74, 6) is -1.29. The van der Waals surface area contributed by atoms with Gasteiger partial charge in [0.2, 0.25) is 0 Å². The van der Waals surface area contributed by atoms with E-state index in [1.54, 1.807) is 6.92 Å². The summed E-state index contributed by atoms with van der Waals surface area (Å²) in [6, 6.07) is 1.31. The molecular formula is C9H11N2O3. The van der Waals surface area contributed by atoms with E-state index < -0.39 is 11.8 Å². The van der Waals surface area contributed by atoms with Crippen LogP contribution in [0.15, 0.2) is 12.3 Å². The summed E-state index contributed by atoms with van der Waals surface area (Å²) >= 11 is 0. The zero-order valence-electron chi connectivity index (χ0n) is 8.06. The average molecular weight is 195 g/mol. The predicted octanol–water partition coefficient (Wildman–Crippen LogP) is 1.58. The SMILES string of the molecule is CCC(C)OC(=O)c1ccnnc1[O]. The lowest BCUT2D eigenvalue weighted by molar-refractivity contribution is 0.0328. The van der Waals surface area contributed by atoms with Crippen LogP contribution in [0, 0.1) is 0 Å². The van der Waals surface area contributed by atoms with Gasteiger partial charge in [-0.25, -0.2) is 4.79 Å². The van der Waals surface area contributed by atoms with E-state index in [9.17, 15) is 9.90 Å². The fourth-order valence-electron chi connectivity index (χ4n) is 0.804. The van der Waals surface area contributed by atoms with Crippen molar-refractivity contribution in [3.05, 3.63) is 17.8 Å². The Morgan fingerprint density at radius 1 is 1.64 bits per heavy atom. The highest BCUT2D eigenvalue weighted by Crippen LogP contribution is 2.14. The number of rotatable bonds is 3. The maximum absolute atomic E-state index is 11.3. The summed E-state index contributed by atoms with van der Waals surface area (Å²) in [6.45, 7) is 3.65. The maximum Gasteiger partial charge on any atom is 0.344 e. The van der Waals surface area contributed by atoms with Crippen LogP contribution in [0.1, 0.15) is 30.6 Å². The third-order valence-electron chi connectivity index (χ3n) is 1.79. The van der Waals surface area contributed by atoms with Gasteiger partial charge in [0, 0.05) is 0 Å². The van der Waals surface area contributed by atoms with E-state index in [2.05, 4.69) is 10.2 Å². The largest absolute Gasteiger partial charge is 0.459 e. The Morgan fingerprint density at radius 2 is 2.36 bits per heavy atom. The molecule has 0 spiro atoms. The zero-order valence-corrected chi connectivity index (χ0v) is 8.06. The minimum Gasteiger partial charge on any atom is -0.459 e. The molecular weight excluding hydrogens is 184 g/mol. The molecule has 0 aliphatic carbocycles. The van der Waals surface area contributed by atoms with Crippen LogP contribution in [-0.4, -0.2) is 22.3 Å². The first-order chi connectivity index (χ1) is 6.65. The molecule has 0 fully saturated rings. The third-order valence-corrected chi connectivity index (χ3v) is 1.79. The van der Waals surface area contributed by atoms with Crippen LogP contribution in [0.2, 0.25) is 0 Å². The quantitative estimate of drug-likeness (QED) is 0.686. The third kappa shape index (κ3) is 2.42. The summed E-state index contributed by atoms with van der Waals surface area (Å²) in [5, 5.41) is 17.6. The van der Waals surface area contributed by atoms with Gasteiger partial charge in [-0.2, -0.15) is 5.10 Å². The number of esters is 1. The molecule has 1 atom stereocenters. The van der Waals surface area contributed by atoms with E-state index in [-0.39, 0.29) is 11.7 Å². The minimum absolute atomic E-state index is 0.0692. The highest BCUT2D eigenvalue weighted by atomic mass is 16.5. The first kappa shape index (κ1) is 10.4. The van der Waals surface area contributed by atoms with Crippen molar-refractivity contribution in [3.8, 4) is 5.88 Å². The van der Waals surface area contributed by atoms with Gasteiger partial charge in [-0.1, -0.05) is 6.92 Å². The number of hydrogen-bond acceptors (Lipinski definition) is 4. The summed E-state index contributed by atoms with van der Waals surface area (Å²) in [5.41, 5.74) is -0.0692. The van der Waals surface area contributed by atoms with Gasteiger partial charge in [-0.3, -0.25) is 5.11 Å². The highest BCUT2D eigenvalue weighted by Gasteiger charge is 2.16. The highest BCUT2D eigenvalue weighted by molar-refractivity contribution is 5.91. The molecule has 5 heteroatoms. The van der Waals surface area contributed by atoms with Crippen LogP contribution in [0.5, 0.6) is 5.88 Å². The van der Waals surface area contributed by atoms with Crippen molar-refractivity contribution in [2.75, 3.05) is 0 Å². The second-order valence-electron chi connectivity index (χ2n) is 2.87. The van der Waals surface area contributed by atoms with Crippen molar-refractivity contribution in [1.29, 1.82) is 0 Å². The zero-order chi connectivity index (χ0) is 10.6. The van der Waals surface area contributed by atoms with E-state index >= 15 is 0 Å². The molecule has 0 N–H and O–H groups in total. The monoisotopic (exact) mass is 195 g/mol. The number of hydrogen-bond donors (Lipinski definition) is 0. The molecule has 1 aromatic rings. The van der Waals surface area contributed by atoms with E-state index in [1.807, 2.05) is 6.92 Å². The fraction of sp³-hybridized carbons (Fsp3) is 0.444. The van der Waals surface area contributed by atoms with Crippen LogP contribution in [0.3, 0.4) is 0 Å². The van der Waals surface area contributed by atoms with Crippen molar-refractivity contribution in [2.45, 2.75) is 26.4 Å². The molecule has 14 heavy (non-hydrogen) atoms. The van der Waals surface area contributed by atoms with Crippen molar-refractivity contribution < 1.29 is 14.6 Å². The van der Waals surface area contributed by atoms with E-state index in [1.165, 1.54) is 12.3 Å². The van der Waals surface area contributed by atoms with E-state index in [0.717, 1.165) is 0 Å². The molecule has 1 aromatic heterocycles. The topological polar surface area (TPSA) is 72.0 Å². The van der Waals surface area contributed by atoms with Gasteiger partial charge in [-0.15, -0.1) is 5.10 Å². The van der Waals surface area contributed by atoms with Crippen LogP contribution >= 0.6 is 0 Å². The Bertz CT molecular complexity index is 328. The van der Waals surface area contributed by atoms with Crippen molar-refractivity contribution in [1.82, 2.24) is 10.2 Å². The number of carbonyl (C=O) groups excluding carboxylic acids is 1. The van der Waals surface area contributed by atoms with Gasteiger partial charge in [0.1, 0.15) is 5.56 Å². The van der Waals surface area contributed by atoms with Gasteiger partial charge < -0.3 is 4.74 Å². The Labute approximate surface area is 81.7 Å². The summed E-state index contributed by atoms with van der Waals surface area (Å²) in [4.78, 5) is 11.3. The molecule has 1 heterocycles. The van der Waals surface area contributed by atoms with Crippen LogP contribution < -0.4 is 0 Å². The number of ether oxygens (including phenoxy) is 1. The van der Waals surface area contributed by atoms with E-state index in [4.69, 9.17) is 4.74 Å². The van der Waals surface area contributed by atoms with Crippen molar-refractivity contribution >= 4 is 5.97 Å². The fourth-order valence-corrected chi connectivity index (χ4v) is 0.804. The first-order valence-electron chi connectivity index (χ1n) is 4.34. The summed E-state index contributed by atoms with van der Waals surface area (Å²) in [7, 11) is 0. The summed E-state index contributed by atoms with van der Waals surface area (Å²) < 4.78 is 4.96. The lowest BCUT2D eigenvalue weighted by Crippen LogP contribution is -2.14. The molecule has 0 aliphatic rings. The van der Waals surface area contributed by atoms with Crippen molar-refractivity contribution in [2.24, 2.45) is 0 Å². The van der Waals surface area contributed by atoms with Gasteiger partial charge in [-0.05, 0) is 19.4 Å². The molecule has 5 nitrogen and oxygen atoms in total. The van der Waals surface area contributed by atoms with Gasteiger partial charge in [0.05, 0.1) is 12.3 Å². The Hall–Kier alpha value is -1.65. The first-order valence-corrected chi connectivity index (χ1v) is 4.34. The minimum atomic E-state index is -0.652. The number of aromatic nitrogens is 2. The molecule has 0 saturated heterocycles. The molecule has 1 radical (unpaired) electrons. The molecule has 0 aromatic carbocycles. The normalized spacial score (nSPS) is 12.1. The summed E-state index contributed by atoms with van der Waals surface area (Å²) in [6.07, 6.45) is 1.79. The van der Waals surface area contributed by atoms with Gasteiger partial charge >= 0.3 is 11.8 Å². The molecule has 75 valence electrons. The lowest BCUT2D eigenvalue weighted by atomic mass is 10.3. The molecule has 1 rings (SSSR count). The average Bonchev–Trinajstić information content (AvgIpc) is 2.18.